The number of likely N-dealkylation sites (tertiary alicyclic amines) is 1. The third kappa shape index (κ3) is 3.41. The summed E-state index contributed by atoms with van der Waals surface area (Å²) in [6.07, 6.45) is 4.14. The Bertz CT molecular complexity index is 1190. The number of ketones is 1. The smallest absolute Gasteiger partial charge is 0.295 e. The molecular formula is C24H20N2O4S. The summed E-state index contributed by atoms with van der Waals surface area (Å²) < 4.78 is 5.74. The van der Waals surface area contributed by atoms with E-state index < -0.39 is 17.7 Å². The van der Waals surface area contributed by atoms with Crippen LogP contribution in [-0.2, 0) is 22.6 Å². The highest BCUT2D eigenvalue weighted by Crippen LogP contribution is 2.42. The normalized spacial score (nSPS) is 21.9. The molecule has 4 heterocycles. The SMILES string of the molecule is C[C@H]1Cc2cc(C(O)=C3C(=O)C(=O)N(Cc4cccnc4)[C@@H]3c3cccs3)ccc2O1. The van der Waals surface area contributed by atoms with E-state index >= 15 is 0 Å². The van der Waals surface area contributed by atoms with Gasteiger partial charge in [0.2, 0.25) is 0 Å². The van der Waals surface area contributed by atoms with Gasteiger partial charge in [0, 0.05) is 35.8 Å². The first-order chi connectivity index (χ1) is 15.0. The maximum absolute atomic E-state index is 13.1. The number of aliphatic hydroxyl groups excluding tert-OH is 1. The molecule has 2 aliphatic heterocycles. The largest absolute Gasteiger partial charge is 0.507 e. The Hall–Kier alpha value is -3.45. The lowest BCUT2D eigenvalue weighted by Gasteiger charge is -2.24. The lowest BCUT2D eigenvalue weighted by atomic mass is 9.98. The number of benzene rings is 1. The fourth-order valence-corrected chi connectivity index (χ4v) is 5.04. The number of carbonyl (C=O) groups excluding carboxylic acids is 2. The van der Waals surface area contributed by atoms with Crippen molar-refractivity contribution >= 4 is 28.8 Å². The fraction of sp³-hybridized carbons (Fsp3) is 0.208. The Balaban J connectivity index is 1.60. The van der Waals surface area contributed by atoms with E-state index in [-0.39, 0.29) is 24.0 Å². The fourth-order valence-electron chi connectivity index (χ4n) is 4.20. The van der Waals surface area contributed by atoms with Crippen LogP contribution in [0.4, 0.5) is 0 Å². The number of fused-ring (bicyclic) bond motifs is 1. The number of hydrogen-bond donors (Lipinski definition) is 1. The molecule has 0 saturated carbocycles. The molecule has 0 unspecified atom stereocenters. The maximum Gasteiger partial charge on any atom is 0.295 e. The Kier molecular flexibility index (Phi) is 4.82. The van der Waals surface area contributed by atoms with Gasteiger partial charge < -0.3 is 14.7 Å². The number of thiophene rings is 1. The van der Waals surface area contributed by atoms with Crippen LogP contribution in [0.1, 0.15) is 34.5 Å². The van der Waals surface area contributed by atoms with Crippen LogP contribution in [0.2, 0.25) is 0 Å². The van der Waals surface area contributed by atoms with Crippen molar-refractivity contribution in [2.45, 2.75) is 32.0 Å². The number of rotatable bonds is 4. The minimum Gasteiger partial charge on any atom is -0.507 e. The summed E-state index contributed by atoms with van der Waals surface area (Å²) in [4.78, 5) is 32.5. The number of carbonyl (C=O) groups is 2. The van der Waals surface area contributed by atoms with Crippen molar-refractivity contribution in [3.8, 4) is 5.75 Å². The number of amides is 1. The molecule has 1 saturated heterocycles. The van der Waals surface area contributed by atoms with Gasteiger partial charge in [-0.25, -0.2) is 0 Å². The highest BCUT2D eigenvalue weighted by atomic mass is 32.1. The molecule has 1 N–H and O–H groups in total. The highest BCUT2D eigenvalue weighted by molar-refractivity contribution is 7.10. The van der Waals surface area contributed by atoms with Crippen molar-refractivity contribution in [2.24, 2.45) is 0 Å². The quantitative estimate of drug-likeness (QED) is 0.382. The Morgan fingerprint density at radius 2 is 2.13 bits per heavy atom. The number of aromatic nitrogens is 1. The topological polar surface area (TPSA) is 79.7 Å². The maximum atomic E-state index is 13.1. The van der Waals surface area contributed by atoms with E-state index in [1.54, 1.807) is 30.6 Å². The lowest BCUT2D eigenvalue weighted by molar-refractivity contribution is -0.140. The zero-order valence-corrected chi connectivity index (χ0v) is 17.6. The first-order valence-electron chi connectivity index (χ1n) is 10.0. The van der Waals surface area contributed by atoms with Gasteiger partial charge in [0.25, 0.3) is 11.7 Å². The van der Waals surface area contributed by atoms with Crippen LogP contribution in [0.25, 0.3) is 5.76 Å². The summed E-state index contributed by atoms with van der Waals surface area (Å²) in [6.45, 7) is 2.22. The van der Waals surface area contributed by atoms with Gasteiger partial charge in [-0.3, -0.25) is 14.6 Å². The summed E-state index contributed by atoms with van der Waals surface area (Å²) in [7, 11) is 0. The van der Waals surface area contributed by atoms with E-state index in [1.165, 1.54) is 16.2 Å². The number of hydrogen-bond acceptors (Lipinski definition) is 6. The number of ether oxygens (including phenoxy) is 1. The van der Waals surface area contributed by atoms with Gasteiger partial charge in [-0.05, 0) is 53.8 Å². The van der Waals surface area contributed by atoms with Crippen LogP contribution in [0, 0.1) is 0 Å². The molecule has 2 atom stereocenters. The zero-order chi connectivity index (χ0) is 21.5. The summed E-state index contributed by atoms with van der Waals surface area (Å²) in [5.74, 6) is -0.671. The molecule has 2 aliphatic rings. The van der Waals surface area contributed by atoms with Crippen LogP contribution in [-0.4, -0.2) is 32.8 Å². The van der Waals surface area contributed by atoms with Gasteiger partial charge in [-0.15, -0.1) is 11.3 Å². The third-order valence-corrected chi connectivity index (χ3v) is 6.52. The van der Waals surface area contributed by atoms with Crippen LogP contribution >= 0.6 is 11.3 Å². The molecule has 7 heteroatoms. The summed E-state index contributed by atoms with van der Waals surface area (Å²) in [6, 6.07) is 12.1. The van der Waals surface area contributed by atoms with Gasteiger partial charge in [0.1, 0.15) is 17.6 Å². The second-order valence-corrected chi connectivity index (χ2v) is 8.74. The predicted molar refractivity (Wildman–Crippen MR) is 117 cm³/mol. The van der Waals surface area contributed by atoms with E-state index in [2.05, 4.69) is 4.98 Å². The van der Waals surface area contributed by atoms with Crippen molar-refractivity contribution in [1.82, 2.24) is 9.88 Å². The van der Waals surface area contributed by atoms with Gasteiger partial charge in [-0.1, -0.05) is 12.1 Å². The summed E-state index contributed by atoms with van der Waals surface area (Å²) >= 11 is 1.45. The molecule has 3 aromatic rings. The molecule has 0 bridgehead atoms. The minimum atomic E-state index is -0.676. The molecule has 5 rings (SSSR count). The molecule has 0 aliphatic carbocycles. The Morgan fingerprint density at radius 3 is 2.87 bits per heavy atom. The van der Waals surface area contributed by atoms with Crippen molar-refractivity contribution in [3.63, 3.8) is 0 Å². The molecular weight excluding hydrogens is 412 g/mol. The van der Waals surface area contributed by atoms with E-state index in [0.29, 0.717) is 5.56 Å². The first-order valence-corrected chi connectivity index (χ1v) is 10.9. The van der Waals surface area contributed by atoms with Crippen LogP contribution in [0.3, 0.4) is 0 Å². The van der Waals surface area contributed by atoms with Crippen molar-refractivity contribution in [2.75, 3.05) is 0 Å². The van der Waals surface area contributed by atoms with Crippen LogP contribution in [0.15, 0.2) is 65.8 Å². The zero-order valence-electron chi connectivity index (χ0n) is 16.8. The predicted octanol–water partition coefficient (Wildman–Crippen LogP) is 4.09. The summed E-state index contributed by atoms with van der Waals surface area (Å²) in [5, 5.41) is 13.1. The van der Waals surface area contributed by atoms with Gasteiger partial charge in [-0.2, -0.15) is 0 Å². The molecule has 0 spiro atoms. The van der Waals surface area contributed by atoms with Crippen LogP contribution in [0.5, 0.6) is 5.75 Å². The monoisotopic (exact) mass is 432 g/mol. The van der Waals surface area contributed by atoms with Gasteiger partial charge >= 0.3 is 0 Å². The average Bonchev–Trinajstić information content (AvgIpc) is 3.48. The number of nitrogens with zero attached hydrogens (tertiary/aromatic N) is 2. The Labute approximate surface area is 183 Å². The number of pyridine rings is 1. The van der Waals surface area contributed by atoms with Crippen LogP contribution < -0.4 is 4.74 Å². The molecule has 31 heavy (non-hydrogen) atoms. The van der Waals surface area contributed by atoms with E-state index in [9.17, 15) is 14.7 Å². The van der Waals surface area contributed by atoms with Gasteiger partial charge in [0.15, 0.2) is 0 Å². The second-order valence-electron chi connectivity index (χ2n) is 7.76. The average molecular weight is 433 g/mol. The standard InChI is InChI=1S/C24H20N2O4S/c1-14-10-17-11-16(6-7-18(17)30-14)22(27)20-21(19-5-3-9-31-19)26(24(29)23(20)28)13-15-4-2-8-25-12-15/h2-9,11-12,14,21,27H,10,13H2,1H3/t14-,21+/m0/s1. The minimum absolute atomic E-state index is 0.0728. The lowest BCUT2D eigenvalue weighted by Crippen LogP contribution is -2.28. The Morgan fingerprint density at radius 1 is 1.26 bits per heavy atom. The number of Topliss-reactive ketones (excluding diaryl/α,β-unsaturated/α-hetero) is 1. The van der Waals surface area contributed by atoms with E-state index in [4.69, 9.17) is 4.74 Å². The molecule has 2 aromatic heterocycles. The molecule has 1 aromatic carbocycles. The molecule has 0 radical (unpaired) electrons. The molecule has 1 amide bonds. The number of aliphatic hydroxyl groups is 1. The van der Waals surface area contributed by atoms with E-state index in [1.807, 2.05) is 36.6 Å². The second kappa shape index (κ2) is 7.67. The third-order valence-electron chi connectivity index (χ3n) is 5.60. The first kappa shape index (κ1) is 19.5. The van der Waals surface area contributed by atoms with Crippen molar-refractivity contribution in [1.29, 1.82) is 0 Å². The van der Waals surface area contributed by atoms with E-state index in [0.717, 1.165) is 28.2 Å². The highest BCUT2D eigenvalue weighted by Gasteiger charge is 2.46. The van der Waals surface area contributed by atoms with Gasteiger partial charge in [0.05, 0.1) is 11.6 Å². The van der Waals surface area contributed by atoms with Crippen molar-refractivity contribution < 1.29 is 19.4 Å². The summed E-state index contributed by atoms with van der Waals surface area (Å²) in [5.41, 5.74) is 2.42. The molecule has 6 nitrogen and oxygen atoms in total. The van der Waals surface area contributed by atoms with Crippen molar-refractivity contribution in [3.05, 3.63) is 87.4 Å². The molecule has 156 valence electrons. The molecule has 1 fully saturated rings.